The molecule has 4 rings (SSSR count). The molecule has 0 aliphatic rings. The van der Waals surface area contributed by atoms with Crippen LogP contribution in [0.5, 0.6) is 0 Å². The number of amidine groups is 1. The number of methoxy groups -OCH3 is 1. The summed E-state index contributed by atoms with van der Waals surface area (Å²) in [6, 6.07) is 8.38. The summed E-state index contributed by atoms with van der Waals surface area (Å²) in [5.41, 5.74) is 0.670. The monoisotopic (exact) mass is 813 g/mol. The lowest BCUT2D eigenvalue weighted by Crippen LogP contribution is -2.36. The van der Waals surface area contributed by atoms with Crippen LogP contribution in [0.1, 0.15) is 37.6 Å². The number of sulfone groups is 1. The molecule has 0 atom stereocenters. The highest BCUT2D eigenvalue weighted by Crippen LogP contribution is 2.39. The fraction of sp³-hybridized carbons (Fsp3) is 0.323. The van der Waals surface area contributed by atoms with Gasteiger partial charge in [0.15, 0.2) is 0 Å². The van der Waals surface area contributed by atoms with Crippen molar-refractivity contribution in [2.45, 2.75) is 53.3 Å². The number of fused-ring (bicyclic) bond motifs is 1. The van der Waals surface area contributed by atoms with Gasteiger partial charge < -0.3 is 19.4 Å². The molecule has 0 spiro atoms. The molecule has 2 aromatic carbocycles. The van der Waals surface area contributed by atoms with E-state index in [-0.39, 0.29) is 56.7 Å². The van der Waals surface area contributed by atoms with Gasteiger partial charge in [-0.1, -0.05) is 0 Å². The molecule has 49 heavy (non-hydrogen) atoms. The number of carbonyl (C=O) groups is 3. The van der Waals surface area contributed by atoms with Gasteiger partial charge >= 0.3 is 12.1 Å². The Balaban J connectivity index is 1.58. The predicted molar refractivity (Wildman–Crippen MR) is 193 cm³/mol. The van der Waals surface area contributed by atoms with E-state index in [1.807, 2.05) is 0 Å². The molecule has 0 saturated heterocycles. The van der Waals surface area contributed by atoms with E-state index < -0.39 is 27.3 Å². The quantitative estimate of drug-likeness (QED) is 0.0461. The Hall–Kier alpha value is -3.45. The molecule has 18 heteroatoms. The largest absolute Gasteiger partial charge is 0.469 e. The Kier molecular flexibility index (Phi) is 12.6. The van der Waals surface area contributed by atoms with Gasteiger partial charge in [-0.05, 0) is 79.4 Å². The zero-order valence-electron chi connectivity index (χ0n) is 27.0. The van der Waals surface area contributed by atoms with Crippen LogP contribution in [0.2, 0.25) is 0 Å². The number of nitrogens with zero attached hydrogens (tertiary/aromatic N) is 2. The second-order valence-corrected chi connectivity index (χ2v) is 17.4. The SMILES string of the molecule is COC(=O)CCSCC(=O)Nc1ccc(F)c(Cn2cnc3c(Br)cc(S(=O)(=O)c4cc(C(=N)NC(=O)OC(C)(C)C)sc4SC)cc32)c1. The highest BCUT2D eigenvalue weighted by molar-refractivity contribution is 9.10. The number of carbonyl (C=O) groups excluding carboxylic acids is 3. The van der Waals surface area contributed by atoms with Gasteiger partial charge in [0.1, 0.15) is 22.8 Å². The maximum absolute atomic E-state index is 15.0. The number of nitrogens with one attached hydrogen (secondary N) is 3. The van der Waals surface area contributed by atoms with Crippen LogP contribution in [0.4, 0.5) is 14.9 Å². The number of rotatable bonds is 12. The first-order valence-electron chi connectivity index (χ1n) is 14.4. The van der Waals surface area contributed by atoms with Gasteiger partial charge in [-0.25, -0.2) is 22.6 Å². The maximum atomic E-state index is 15.0. The Morgan fingerprint density at radius 1 is 1.16 bits per heavy atom. The molecular formula is C31H33BrFN5O7S4. The van der Waals surface area contributed by atoms with Gasteiger partial charge in [0.2, 0.25) is 15.7 Å². The standard InChI is InChI=1S/C31H33BrFN5O7S4/c1-31(2,3)45-30(41)37-28(34)23-13-24(29(46-5)48-23)49(42,43)19-11-20(32)27-22(12-19)38(16-35-27)14-17-10-18(6-7-21(17)33)36-25(39)15-47-9-8-26(40)44-4/h6-7,10-13,16H,8-9,14-15H2,1-5H3,(H,36,39)(H2,34,37,41). The number of hydrogen-bond donors (Lipinski definition) is 3. The van der Waals surface area contributed by atoms with Gasteiger partial charge in [-0.2, -0.15) is 11.8 Å². The third-order valence-corrected chi connectivity index (χ3v) is 12.4. The van der Waals surface area contributed by atoms with E-state index in [1.165, 1.54) is 73.4 Å². The molecule has 0 radical (unpaired) electrons. The Bertz CT molecular complexity index is 2030. The van der Waals surface area contributed by atoms with E-state index in [0.29, 0.717) is 31.2 Å². The number of benzene rings is 2. The summed E-state index contributed by atoms with van der Waals surface area (Å²) in [4.78, 5) is 40.4. The number of imidazole rings is 1. The summed E-state index contributed by atoms with van der Waals surface area (Å²) in [6.07, 6.45) is 2.52. The lowest BCUT2D eigenvalue weighted by molar-refractivity contribution is -0.140. The van der Waals surface area contributed by atoms with Crippen molar-refractivity contribution in [1.82, 2.24) is 14.9 Å². The van der Waals surface area contributed by atoms with Gasteiger partial charge in [0, 0.05) is 21.5 Å². The molecule has 0 aliphatic carbocycles. The molecule has 0 bridgehead atoms. The number of hydrogen-bond acceptors (Lipinski definition) is 12. The van der Waals surface area contributed by atoms with E-state index in [2.05, 4.69) is 36.3 Å². The van der Waals surface area contributed by atoms with Crippen LogP contribution < -0.4 is 10.6 Å². The summed E-state index contributed by atoms with van der Waals surface area (Å²) < 4.78 is 55.2. The smallest absolute Gasteiger partial charge is 0.413 e. The topological polar surface area (TPSA) is 170 Å². The van der Waals surface area contributed by atoms with Gasteiger partial charge in [-0.15, -0.1) is 23.1 Å². The van der Waals surface area contributed by atoms with Crippen molar-refractivity contribution in [3.8, 4) is 0 Å². The third kappa shape index (κ3) is 9.84. The second kappa shape index (κ2) is 16.1. The summed E-state index contributed by atoms with van der Waals surface area (Å²) in [5, 5.41) is 13.4. The molecule has 4 aromatic rings. The van der Waals surface area contributed by atoms with Crippen LogP contribution in [0.15, 0.2) is 61.2 Å². The minimum absolute atomic E-state index is 0.0258. The van der Waals surface area contributed by atoms with Crippen molar-refractivity contribution in [3.05, 3.63) is 63.5 Å². The molecular weight excluding hydrogens is 782 g/mol. The van der Waals surface area contributed by atoms with Gasteiger partial charge in [0.25, 0.3) is 0 Å². The number of amides is 2. The van der Waals surface area contributed by atoms with E-state index in [0.717, 1.165) is 11.3 Å². The minimum atomic E-state index is -4.15. The average Bonchev–Trinajstić information content (AvgIpc) is 3.65. The molecule has 2 aromatic heterocycles. The van der Waals surface area contributed by atoms with Crippen LogP contribution in [-0.4, -0.2) is 72.2 Å². The van der Waals surface area contributed by atoms with Crippen LogP contribution in [0, 0.1) is 11.2 Å². The highest BCUT2D eigenvalue weighted by Gasteiger charge is 2.28. The molecule has 0 saturated carbocycles. The van der Waals surface area contributed by atoms with Crippen molar-refractivity contribution in [2.24, 2.45) is 0 Å². The summed E-state index contributed by atoms with van der Waals surface area (Å²) >= 11 is 6.93. The van der Waals surface area contributed by atoms with Crippen molar-refractivity contribution < 1.29 is 36.7 Å². The maximum Gasteiger partial charge on any atom is 0.413 e. The van der Waals surface area contributed by atoms with Crippen molar-refractivity contribution >= 4 is 101 Å². The van der Waals surface area contributed by atoms with Crippen LogP contribution >= 0.6 is 50.8 Å². The van der Waals surface area contributed by atoms with Gasteiger partial charge in [-0.3, -0.25) is 20.3 Å². The highest BCUT2D eigenvalue weighted by atomic mass is 79.9. The Morgan fingerprint density at radius 3 is 2.57 bits per heavy atom. The van der Waals surface area contributed by atoms with Crippen molar-refractivity contribution in [2.75, 3.05) is 30.2 Å². The van der Waals surface area contributed by atoms with Gasteiger partial charge in [0.05, 0.1) is 56.5 Å². The predicted octanol–water partition coefficient (Wildman–Crippen LogP) is 6.69. The lowest BCUT2D eigenvalue weighted by Gasteiger charge is -2.19. The molecule has 0 fully saturated rings. The molecule has 12 nitrogen and oxygen atoms in total. The average molecular weight is 815 g/mol. The zero-order valence-corrected chi connectivity index (χ0v) is 31.9. The number of ether oxygens (including phenoxy) is 2. The van der Waals surface area contributed by atoms with Crippen LogP contribution in [0.25, 0.3) is 11.0 Å². The van der Waals surface area contributed by atoms with Crippen LogP contribution in [-0.2, 0) is 35.4 Å². The molecule has 262 valence electrons. The number of anilines is 1. The Labute approximate surface area is 303 Å². The molecule has 2 amide bonds. The number of esters is 1. The first-order chi connectivity index (χ1) is 23.0. The van der Waals surface area contributed by atoms with Crippen molar-refractivity contribution in [1.29, 1.82) is 5.41 Å². The normalized spacial score (nSPS) is 11.7. The van der Waals surface area contributed by atoms with E-state index in [4.69, 9.17) is 10.1 Å². The van der Waals surface area contributed by atoms with E-state index in [1.54, 1.807) is 31.6 Å². The number of thiophene rings is 1. The minimum Gasteiger partial charge on any atom is -0.469 e. The first-order valence-corrected chi connectivity index (χ1v) is 19.9. The fourth-order valence-electron chi connectivity index (χ4n) is 4.36. The molecule has 0 unspecified atom stereocenters. The van der Waals surface area contributed by atoms with E-state index in [9.17, 15) is 27.2 Å². The van der Waals surface area contributed by atoms with E-state index >= 15 is 0 Å². The molecule has 2 heterocycles. The Morgan fingerprint density at radius 2 is 1.90 bits per heavy atom. The molecule has 0 aliphatic heterocycles. The number of alkyl carbamates (subject to hydrolysis) is 1. The summed E-state index contributed by atoms with van der Waals surface area (Å²) in [5.74, 6) is -1.02. The zero-order chi connectivity index (χ0) is 36.1. The summed E-state index contributed by atoms with van der Waals surface area (Å²) in [7, 11) is -2.85. The third-order valence-electron chi connectivity index (χ3n) is 6.56. The van der Waals surface area contributed by atoms with Crippen LogP contribution in [0.3, 0.4) is 0 Å². The lowest BCUT2D eigenvalue weighted by atomic mass is 10.1. The first kappa shape index (κ1) is 38.4. The summed E-state index contributed by atoms with van der Waals surface area (Å²) in [6.45, 7) is 5.03. The number of halogens is 2. The number of aromatic nitrogens is 2. The second-order valence-electron chi connectivity index (χ2n) is 11.4. The molecule has 3 N–H and O–H groups in total. The number of thioether (sulfide) groups is 2. The van der Waals surface area contributed by atoms with Crippen molar-refractivity contribution in [3.63, 3.8) is 0 Å². The fourth-order valence-corrected chi connectivity index (χ4v) is 9.72.